The number of methoxy groups -OCH3 is 1. The monoisotopic (exact) mass is 362 g/mol. The predicted octanol–water partition coefficient (Wildman–Crippen LogP) is 3.82. The molecule has 1 atom stereocenters. The van der Waals surface area contributed by atoms with Crippen molar-refractivity contribution in [3.8, 4) is 11.5 Å². The molecule has 0 spiro atoms. The van der Waals surface area contributed by atoms with Gasteiger partial charge in [0.2, 0.25) is 0 Å². The van der Waals surface area contributed by atoms with Crippen molar-refractivity contribution < 1.29 is 19.1 Å². The summed E-state index contributed by atoms with van der Waals surface area (Å²) in [6.45, 7) is 1.68. The second-order valence-electron chi connectivity index (χ2n) is 6.31. The van der Waals surface area contributed by atoms with Crippen LogP contribution in [0.3, 0.4) is 0 Å². The highest BCUT2D eigenvalue weighted by molar-refractivity contribution is 6.09. The highest BCUT2D eigenvalue weighted by Crippen LogP contribution is 2.33. The Morgan fingerprint density at radius 1 is 1.11 bits per heavy atom. The van der Waals surface area contributed by atoms with Gasteiger partial charge in [0.25, 0.3) is 11.8 Å². The van der Waals surface area contributed by atoms with Gasteiger partial charge in [0.1, 0.15) is 11.5 Å². The molecular weight excluding hydrogens is 344 g/mol. The number of rotatable bonds is 3. The maximum atomic E-state index is 12.8. The Bertz CT molecular complexity index is 1060. The first-order valence-corrected chi connectivity index (χ1v) is 8.55. The van der Waals surface area contributed by atoms with Crippen LogP contribution in [0.4, 0.5) is 11.4 Å². The van der Waals surface area contributed by atoms with Crippen LogP contribution in [0.1, 0.15) is 17.3 Å². The molecule has 0 aromatic heterocycles. The summed E-state index contributed by atoms with van der Waals surface area (Å²) in [7, 11) is 1.54. The van der Waals surface area contributed by atoms with E-state index in [0.717, 1.165) is 10.8 Å². The Balaban J connectivity index is 1.64. The van der Waals surface area contributed by atoms with Gasteiger partial charge in [-0.05, 0) is 48.0 Å². The minimum atomic E-state index is -0.542. The zero-order valence-corrected chi connectivity index (χ0v) is 14.9. The number of carbonyl (C=O) groups is 2. The van der Waals surface area contributed by atoms with Crippen molar-refractivity contribution in [3.63, 3.8) is 0 Å². The third-order valence-electron chi connectivity index (χ3n) is 4.48. The van der Waals surface area contributed by atoms with Crippen molar-refractivity contribution in [1.29, 1.82) is 0 Å². The minimum absolute atomic E-state index is 0.220. The summed E-state index contributed by atoms with van der Waals surface area (Å²) in [5, 5.41) is 7.56. The number of nitrogens with one attached hydrogen (secondary N) is 2. The van der Waals surface area contributed by atoms with E-state index in [-0.39, 0.29) is 11.8 Å². The van der Waals surface area contributed by atoms with Crippen molar-refractivity contribution in [2.75, 3.05) is 17.7 Å². The Morgan fingerprint density at radius 3 is 2.59 bits per heavy atom. The fourth-order valence-corrected chi connectivity index (χ4v) is 3.05. The number of fused-ring (bicyclic) bond motifs is 2. The highest BCUT2D eigenvalue weighted by Gasteiger charge is 2.24. The average Bonchev–Trinajstić information content (AvgIpc) is 2.68. The average molecular weight is 362 g/mol. The summed E-state index contributed by atoms with van der Waals surface area (Å²) >= 11 is 0. The number of hydrogen-bond acceptors (Lipinski definition) is 4. The standard InChI is InChI=1S/C21H18N2O4/c1-12-20(24)23-17-11-15(7-8-18(17)27-12)22-21(25)16-9-13-5-3-4-6-14(13)10-19(16)26-2/h3-12H,1-2H3,(H,22,25)(H,23,24). The number of carbonyl (C=O) groups excluding carboxylic acids is 2. The second kappa shape index (κ2) is 6.64. The maximum absolute atomic E-state index is 12.8. The van der Waals surface area contributed by atoms with E-state index < -0.39 is 6.10 Å². The summed E-state index contributed by atoms with van der Waals surface area (Å²) in [4.78, 5) is 24.6. The largest absolute Gasteiger partial charge is 0.496 e. The molecule has 1 unspecified atom stereocenters. The number of ether oxygens (including phenoxy) is 2. The van der Waals surface area contributed by atoms with Gasteiger partial charge in [-0.25, -0.2) is 0 Å². The summed E-state index contributed by atoms with van der Waals surface area (Å²) in [5.74, 6) is 0.550. The second-order valence-corrected chi connectivity index (χ2v) is 6.31. The van der Waals surface area contributed by atoms with Gasteiger partial charge in [0.05, 0.1) is 18.4 Å². The summed E-state index contributed by atoms with van der Waals surface area (Å²) in [6.07, 6.45) is -0.542. The van der Waals surface area contributed by atoms with E-state index in [0.29, 0.717) is 28.4 Å². The van der Waals surface area contributed by atoms with Crippen LogP contribution in [-0.2, 0) is 4.79 Å². The molecule has 0 aliphatic carbocycles. The lowest BCUT2D eigenvalue weighted by Gasteiger charge is -2.23. The normalized spacial score (nSPS) is 15.5. The van der Waals surface area contributed by atoms with E-state index >= 15 is 0 Å². The van der Waals surface area contributed by atoms with Gasteiger partial charge in [0.15, 0.2) is 6.10 Å². The minimum Gasteiger partial charge on any atom is -0.496 e. The lowest BCUT2D eigenvalue weighted by atomic mass is 10.1. The molecule has 0 fully saturated rings. The molecule has 2 N–H and O–H groups in total. The third kappa shape index (κ3) is 3.17. The molecule has 4 rings (SSSR count). The lowest BCUT2D eigenvalue weighted by molar-refractivity contribution is -0.122. The van der Waals surface area contributed by atoms with E-state index in [9.17, 15) is 9.59 Å². The summed E-state index contributed by atoms with van der Waals surface area (Å²) in [6, 6.07) is 16.5. The predicted molar refractivity (Wildman–Crippen MR) is 104 cm³/mol. The molecule has 0 saturated heterocycles. The number of amides is 2. The maximum Gasteiger partial charge on any atom is 0.265 e. The van der Waals surface area contributed by atoms with Gasteiger partial charge < -0.3 is 20.1 Å². The van der Waals surface area contributed by atoms with Crippen molar-refractivity contribution in [2.45, 2.75) is 13.0 Å². The van der Waals surface area contributed by atoms with Crippen LogP contribution in [0.15, 0.2) is 54.6 Å². The van der Waals surface area contributed by atoms with E-state index in [1.165, 1.54) is 7.11 Å². The van der Waals surface area contributed by atoms with E-state index in [4.69, 9.17) is 9.47 Å². The van der Waals surface area contributed by atoms with Crippen LogP contribution in [0.25, 0.3) is 10.8 Å². The molecular formula is C21H18N2O4. The Labute approximate surface area is 156 Å². The Morgan fingerprint density at radius 2 is 1.85 bits per heavy atom. The van der Waals surface area contributed by atoms with E-state index in [1.807, 2.05) is 30.3 Å². The SMILES string of the molecule is COc1cc2ccccc2cc1C(=O)Nc1ccc2c(c1)NC(=O)C(C)O2. The molecule has 6 heteroatoms. The quantitative estimate of drug-likeness (QED) is 0.743. The molecule has 0 radical (unpaired) electrons. The number of anilines is 2. The molecule has 0 bridgehead atoms. The lowest BCUT2D eigenvalue weighted by Crippen LogP contribution is -2.34. The van der Waals surface area contributed by atoms with Crippen LogP contribution < -0.4 is 20.1 Å². The van der Waals surface area contributed by atoms with Gasteiger partial charge in [-0.3, -0.25) is 9.59 Å². The topological polar surface area (TPSA) is 76.7 Å². The van der Waals surface area contributed by atoms with Crippen molar-refractivity contribution in [3.05, 3.63) is 60.2 Å². The first-order chi connectivity index (χ1) is 13.0. The number of hydrogen-bond donors (Lipinski definition) is 2. The summed E-state index contributed by atoms with van der Waals surface area (Å²) < 4.78 is 10.9. The molecule has 6 nitrogen and oxygen atoms in total. The highest BCUT2D eigenvalue weighted by atomic mass is 16.5. The molecule has 3 aromatic rings. The zero-order chi connectivity index (χ0) is 19.0. The van der Waals surface area contributed by atoms with Crippen molar-refractivity contribution >= 4 is 34.0 Å². The van der Waals surface area contributed by atoms with Gasteiger partial charge >= 0.3 is 0 Å². The molecule has 1 heterocycles. The molecule has 3 aromatic carbocycles. The Hall–Kier alpha value is -3.54. The van der Waals surface area contributed by atoms with E-state index in [2.05, 4.69) is 10.6 Å². The molecule has 0 saturated carbocycles. The molecule has 1 aliphatic heterocycles. The fraction of sp³-hybridized carbons (Fsp3) is 0.143. The zero-order valence-electron chi connectivity index (χ0n) is 14.9. The van der Waals surface area contributed by atoms with Gasteiger partial charge in [-0.15, -0.1) is 0 Å². The van der Waals surface area contributed by atoms with Gasteiger partial charge in [-0.1, -0.05) is 24.3 Å². The van der Waals surface area contributed by atoms with Crippen LogP contribution >= 0.6 is 0 Å². The Kier molecular flexibility index (Phi) is 4.16. The molecule has 136 valence electrons. The third-order valence-corrected chi connectivity index (χ3v) is 4.48. The fourth-order valence-electron chi connectivity index (χ4n) is 3.05. The summed E-state index contributed by atoms with van der Waals surface area (Å²) in [5.41, 5.74) is 1.51. The van der Waals surface area contributed by atoms with Crippen LogP contribution in [0, 0.1) is 0 Å². The van der Waals surface area contributed by atoms with E-state index in [1.54, 1.807) is 31.2 Å². The van der Waals surface area contributed by atoms with Crippen molar-refractivity contribution in [2.24, 2.45) is 0 Å². The van der Waals surface area contributed by atoms with Gasteiger partial charge in [0, 0.05) is 5.69 Å². The smallest absolute Gasteiger partial charge is 0.265 e. The van der Waals surface area contributed by atoms with Gasteiger partial charge in [-0.2, -0.15) is 0 Å². The molecule has 1 aliphatic rings. The number of benzene rings is 3. The first-order valence-electron chi connectivity index (χ1n) is 8.55. The van der Waals surface area contributed by atoms with Crippen LogP contribution in [0.2, 0.25) is 0 Å². The molecule has 27 heavy (non-hydrogen) atoms. The van der Waals surface area contributed by atoms with Crippen LogP contribution in [-0.4, -0.2) is 25.0 Å². The molecule has 2 amide bonds. The van der Waals surface area contributed by atoms with Crippen molar-refractivity contribution in [1.82, 2.24) is 0 Å². The first kappa shape index (κ1) is 16.9. The van der Waals surface area contributed by atoms with Crippen LogP contribution in [0.5, 0.6) is 11.5 Å².